The lowest BCUT2D eigenvalue weighted by Gasteiger charge is -2.47. The quantitative estimate of drug-likeness (QED) is 0.0750. The molecule has 2 N–H and O–H groups in total. The van der Waals surface area contributed by atoms with Gasteiger partial charge in [0, 0.05) is 30.2 Å². The minimum atomic E-state index is -0.369. The Balaban J connectivity index is 1.44. The van der Waals surface area contributed by atoms with Crippen LogP contribution in [0.5, 0.6) is 5.75 Å². The summed E-state index contributed by atoms with van der Waals surface area (Å²) in [7, 11) is 1.63. The summed E-state index contributed by atoms with van der Waals surface area (Å²) in [5.74, 6) is -0.300. The molecule has 0 aliphatic rings. The van der Waals surface area contributed by atoms with Gasteiger partial charge in [-0.15, -0.1) is 10.2 Å². The van der Waals surface area contributed by atoms with Gasteiger partial charge in [0.1, 0.15) is 23.2 Å². The van der Waals surface area contributed by atoms with Crippen molar-refractivity contribution in [3.8, 4) is 5.75 Å². The van der Waals surface area contributed by atoms with E-state index in [1.807, 2.05) is 99.3 Å². The van der Waals surface area contributed by atoms with E-state index in [1.54, 1.807) is 37.4 Å². The molecule has 7 nitrogen and oxygen atoms in total. The lowest BCUT2D eigenvalue weighted by molar-refractivity contribution is -0.323. The van der Waals surface area contributed by atoms with Crippen molar-refractivity contribution in [1.82, 2.24) is 31.3 Å². The maximum atomic E-state index is 15.7. The van der Waals surface area contributed by atoms with Crippen molar-refractivity contribution in [2.24, 2.45) is 0 Å². The Hall–Kier alpha value is -5.04. The van der Waals surface area contributed by atoms with Gasteiger partial charge in [-0.25, -0.2) is 24.0 Å². The zero-order valence-corrected chi connectivity index (χ0v) is 32.1. The van der Waals surface area contributed by atoms with E-state index in [-0.39, 0.29) is 30.5 Å². The molecule has 0 radical (unpaired) electrons. The molecule has 0 aliphatic carbocycles. The molecule has 0 saturated carbocycles. The molecule has 11 heteroatoms. The second-order valence-corrected chi connectivity index (χ2v) is 13.7. The maximum Gasteiger partial charge on any atom is 0.127 e. The highest BCUT2D eigenvalue weighted by atomic mass is 35.5. The van der Waals surface area contributed by atoms with Gasteiger partial charge in [0.2, 0.25) is 0 Å². The standard InChI is InChI=1S/C45H46ClF3N6O/c1-56-44-24-18-37(19-25-44)31-51-52(29-27-36-16-22-42(47)23-17-36)54(33-39-10-7-12-43(48)30-39)55(34-40-11-5-6-13-45(40)49)53(32-38-14-20-41(46)21-15-38)50-28-26-35-8-3-2-4-9-35/h2-25,30,50-51H,26-29,31-34H2,1H3. The molecule has 0 atom stereocenters. The second-order valence-electron chi connectivity index (χ2n) is 13.3. The molecule has 6 aromatic carbocycles. The predicted octanol–water partition coefficient (Wildman–Crippen LogP) is 9.31. The van der Waals surface area contributed by atoms with E-state index < -0.39 is 0 Å². The molecule has 0 saturated heterocycles. The molecule has 0 heterocycles. The number of rotatable bonds is 20. The lowest BCUT2D eigenvalue weighted by atomic mass is 10.1. The van der Waals surface area contributed by atoms with Gasteiger partial charge in [-0.2, -0.15) is 10.2 Å². The van der Waals surface area contributed by atoms with Crippen LogP contribution in [0.1, 0.15) is 33.4 Å². The van der Waals surface area contributed by atoms with Gasteiger partial charge in [-0.1, -0.05) is 109 Å². The number of ether oxygens (including phenoxy) is 1. The normalized spacial score (nSPS) is 11.6. The number of hydrogen-bond acceptors (Lipinski definition) is 7. The van der Waals surface area contributed by atoms with Crippen LogP contribution in [0.25, 0.3) is 0 Å². The Labute approximate surface area is 332 Å². The molecule has 0 amide bonds. The summed E-state index contributed by atoms with van der Waals surface area (Å²) in [6.07, 6.45) is 1.25. The number of methoxy groups -OCH3 is 1. The molecule has 290 valence electrons. The largest absolute Gasteiger partial charge is 0.497 e. The first-order valence-electron chi connectivity index (χ1n) is 18.5. The average molecular weight is 779 g/mol. The fourth-order valence-corrected chi connectivity index (χ4v) is 6.33. The first-order chi connectivity index (χ1) is 27.3. The highest BCUT2D eigenvalue weighted by Gasteiger charge is 2.30. The summed E-state index contributed by atoms with van der Waals surface area (Å²) in [5, 5.41) is 8.47. The van der Waals surface area contributed by atoms with Crippen LogP contribution in [-0.2, 0) is 39.0 Å². The fourth-order valence-electron chi connectivity index (χ4n) is 6.20. The SMILES string of the molecule is COc1ccc(CNN(CCc2ccc(F)cc2)N(Cc2cccc(F)c2)N(Cc2ccccc2F)N(Cc2ccc(Cl)cc2)NCCc2ccccc2)cc1. The van der Waals surface area contributed by atoms with Gasteiger partial charge in [-0.3, -0.25) is 0 Å². The van der Waals surface area contributed by atoms with E-state index in [9.17, 15) is 8.78 Å². The van der Waals surface area contributed by atoms with Crippen molar-refractivity contribution in [2.45, 2.75) is 39.0 Å². The molecule has 0 bridgehead atoms. The van der Waals surface area contributed by atoms with E-state index in [2.05, 4.69) is 23.0 Å². The molecule has 0 aliphatic heterocycles. The highest BCUT2D eigenvalue weighted by Crippen LogP contribution is 2.22. The summed E-state index contributed by atoms with van der Waals surface area (Å²) in [4.78, 5) is 0. The van der Waals surface area contributed by atoms with Gasteiger partial charge in [0.05, 0.1) is 26.7 Å². The molecule has 0 aromatic heterocycles. The van der Waals surface area contributed by atoms with Crippen molar-refractivity contribution in [3.63, 3.8) is 0 Å². The number of nitrogens with one attached hydrogen (secondary N) is 2. The third-order valence-electron chi connectivity index (χ3n) is 9.25. The van der Waals surface area contributed by atoms with Gasteiger partial charge < -0.3 is 4.74 Å². The van der Waals surface area contributed by atoms with Crippen molar-refractivity contribution >= 4 is 11.6 Å². The Morgan fingerprint density at radius 3 is 1.89 bits per heavy atom. The van der Waals surface area contributed by atoms with Gasteiger partial charge in [0.25, 0.3) is 0 Å². The van der Waals surface area contributed by atoms with Crippen LogP contribution >= 0.6 is 11.6 Å². The van der Waals surface area contributed by atoms with Gasteiger partial charge in [0.15, 0.2) is 0 Å². The molecule has 6 aromatic rings. The minimum Gasteiger partial charge on any atom is -0.497 e. The number of halogens is 4. The zero-order chi connectivity index (χ0) is 39.1. The smallest absolute Gasteiger partial charge is 0.127 e. The summed E-state index contributed by atoms with van der Waals surface area (Å²) < 4.78 is 50.0. The van der Waals surface area contributed by atoms with Crippen LogP contribution in [0.2, 0.25) is 5.02 Å². The topological polar surface area (TPSA) is 46.3 Å². The minimum absolute atomic E-state index is 0.102. The fraction of sp³-hybridized carbons (Fsp3) is 0.200. The summed E-state index contributed by atoms with van der Waals surface area (Å²) in [5.41, 5.74) is 12.4. The number of benzene rings is 6. The van der Waals surface area contributed by atoms with E-state index in [4.69, 9.17) is 16.3 Å². The Morgan fingerprint density at radius 1 is 0.536 bits per heavy atom. The van der Waals surface area contributed by atoms with Crippen molar-refractivity contribution in [1.29, 1.82) is 0 Å². The zero-order valence-electron chi connectivity index (χ0n) is 31.3. The lowest BCUT2D eigenvalue weighted by Crippen LogP contribution is -2.65. The number of nitrogens with zero attached hydrogens (tertiary/aromatic N) is 4. The summed E-state index contributed by atoms with van der Waals surface area (Å²) in [6, 6.07) is 45.1. The van der Waals surface area contributed by atoms with E-state index in [0.717, 1.165) is 34.4 Å². The molecule has 0 fully saturated rings. The van der Waals surface area contributed by atoms with Crippen molar-refractivity contribution < 1.29 is 17.9 Å². The highest BCUT2D eigenvalue weighted by molar-refractivity contribution is 6.30. The monoisotopic (exact) mass is 778 g/mol. The van der Waals surface area contributed by atoms with E-state index >= 15 is 4.39 Å². The molecule has 0 unspecified atom stereocenters. The van der Waals surface area contributed by atoms with E-state index in [1.165, 1.54) is 30.3 Å². The predicted molar refractivity (Wildman–Crippen MR) is 216 cm³/mol. The molecule has 0 spiro atoms. The summed E-state index contributed by atoms with van der Waals surface area (Å²) >= 11 is 6.32. The Bertz CT molecular complexity index is 2070. The molecule has 56 heavy (non-hydrogen) atoms. The Morgan fingerprint density at radius 2 is 1.18 bits per heavy atom. The van der Waals surface area contributed by atoms with E-state index in [0.29, 0.717) is 48.7 Å². The first kappa shape index (κ1) is 40.6. The van der Waals surface area contributed by atoms with Crippen LogP contribution in [-0.4, -0.2) is 40.7 Å². The van der Waals surface area contributed by atoms with Crippen molar-refractivity contribution in [3.05, 3.63) is 208 Å². The van der Waals surface area contributed by atoms with Crippen LogP contribution in [0.15, 0.2) is 152 Å². The summed E-state index contributed by atoms with van der Waals surface area (Å²) in [6.45, 7) is 2.04. The average Bonchev–Trinajstić information content (AvgIpc) is 3.22. The molecular formula is C45H46ClF3N6O. The maximum absolute atomic E-state index is 15.7. The third kappa shape index (κ3) is 12.2. The van der Waals surface area contributed by atoms with Gasteiger partial charge in [-0.05, 0) is 95.3 Å². The molecule has 6 rings (SSSR count). The number of hydrogen-bond donors (Lipinski definition) is 2. The van der Waals surface area contributed by atoms with Crippen molar-refractivity contribution in [2.75, 3.05) is 20.2 Å². The van der Waals surface area contributed by atoms with Gasteiger partial charge >= 0.3 is 0 Å². The van der Waals surface area contributed by atoms with Crippen LogP contribution in [0.3, 0.4) is 0 Å². The van der Waals surface area contributed by atoms with Crippen LogP contribution in [0.4, 0.5) is 13.2 Å². The first-order valence-corrected chi connectivity index (χ1v) is 18.9. The van der Waals surface area contributed by atoms with Crippen LogP contribution < -0.4 is 15.6 Å². The van der Waals surface area contributed by atoms with Crippen LogP contribution in [0, 0.1) is 17.5 Å². The molecular weight excluding hydrogens is 733 g/mol. The second kappa shape index (κ2) is 20.8. The third-order valence-corrected chi connectivity index (χ3v) is 9.51. The number of hydrazine groups is 5. The Kier molecular flexibility index (Phi) is 15.1.